The molecule has 2 amide bonds. The molecule has 0 atom stereocenters. The minimum atomic E-state index is -0.176. The van der Waals surface area contributed by atoms with Crippen molar-refractivity contribution >= 4 is 11.8 Å². The van der Waals surface area contributed by atoms with Gasteiger partial charge in [0.05, 0.1) is 6.54 Å². The molecule has 1 N–H and O–H groups in total. The molecule has 1 aromatic rings. The highest BCUT2D eigenvalue weighted by Gasteiger charge is 2.54. The third kappa shape index (κ3) is 3.38. The van der Waals surface area contributed by atoms with Crippen LogP contribution in [0.1, 0.15) is 49.7 Å². The lowest BCUT2D eigenvalue weighted by Crippen LogP contribution is -2.54. The van der Waals surface area contributed by atoms with Crippen LogP contribution in [0.2, 0.25) is 0 Å². The number of hydrogen-bond donors (Lipinski definition) is 1. The first-order valence-electron chi connectivity index (χ1n) is 10.0. The van der Waals surface area contributed by atoms with Gasteiger partial charge in [-0.2, -0.15) is 0 Å². The molecule has 0 radical (unpaired) electrons. The summed E-state index contributed by atoms with van der Waals surface area (Å²) >= 11 is 0. The van der Waals surface area contributed by atoms with Crippen LogP contribution >= 0.6 is 0 Å². The average molecular weight is 354 g/mol. The van der Waals surface area contributed by atoms with Crippen molar-refractivity contribution in [1.29, 1.82) is 0 Å². The number of nitrogens with zero attached hydrogens (tertiary/aromatic N) is 1. The maximum atomic E-state index is 12.9. The molecule has 0 heterocycles. The molecule has 0 saturated heterocycles. The number of aryl methyl sites for hydroxylation is 1. The second-order valence-corrected chi connectivity index (χ2v) is 9.12. The SMILES string of the molecule is Cc1ccc(CN(C)C(=O)CNC(=O)C23CC4CC(CC(C4)C2)C3)cc1. The van der Waals surface area contributed by atoms with Crippen LogP contribution in [0.4, 0.5) is 0 Å². The molecule has 140 valence electrons. The molecule has 26 heavy (non-hydrogen) atoms. The van der Waals surface area contributed by atoms with Gasteiger partial charge < -0.3 is 10.2 Å². The van der Waals surface area contributed by atoms with Gasteiger partial charge in [0.1, 0.15) is 0 Å². The molecule has 5 rings (SSSR count). The van der Waals surface area contributed by atoms with Crippen LogP contribution in [-0.4, -0.2) is 30.3 Å². The van der Waals surface area contributed by atoms with Gasteiger partial charge in [-0.3, -0.25) is 9.59 Å². The normalized spacial score (nSPS) is 31.7. The van der Waals surface area contributed by atoms with Crippen molar-refractivity contribution < 1.29 is 9.59 Å². The van der Waals surface area contributed by atoms with Crippen LogP contribution in [0.15, 0.2) is 24.3 Å². The number of amides is 2. The van der Waals surface area contributed by atoms with Crippen LogP contribution in [-0.2, 0) is 16.1 Å². The Morgan fingerprint density at radius 1 is 1.04 bits per heavy atom. The number of likely N-dealkylation sites (N-methyl/N-ethyl adjacent to an activating group) is 1. The van der Waals surface area contributed by atoms with Gasteiger partial charge in [0.2, 0.25) is 11.8 Å². The van der Waals surface area contributed by atoms with Gasteiger partial charge in [-0.15, -0.1) is 0 Å². The molecular weight excluding hydrogens is 324 g/mol. The number of nitrogens with one attached hydrogen (secondary N) is 1. The van der Waals surface area contributed by atoms with Crippen LogP contribution in [0.3, 0.4) is 0 Å². The van der Waals surface area contributed by atoms with Crippen LogP contribution in [0.5, 0.6) is 0 Å². The third-order valence-corrected chi connectivity index (χ3v) is 6.89. The number of hydrogen-bond acceptors (Lipinski definition) is 2. The molecule has 4 fully saturated rings. The summed E-state index contributed by atoms with van der Waals surface area (Å²) in [6, 6.07) is 8.21. The molecule has 4 bridgehead atoms. The number of rotatable bonds is 5. The predicted molar refractivity (Wildman–Crippen MR) is 101 cm³/mol. The smallest absolute Gasteiger partial charge is 0.242 e. The highest BCUT2D eigenvalue weighted by Crippen LogP contribution is 2.60. The first-order valence-corrected chi connectivity index (χ1v) is 10.0. The third-order valence-electron chi connectivity index (χ3n) is 6.89. The summed E-state index contributed by atoms with van der Waals surface area (Å²) in [7, 11) is 1.80. The zero-order chi connectivity index (χ0) is 18.3. The Bertz CT molecular complexity index is 659. The Hall–Kier alpha value is -1.84. The highest BCUT2D eigenvalue weighted by atomic mass is 16.2. The topological polar surface area (TPSA) is 49.4 Å². The van der Waals surface area contributed by atoms with E-state index in [4.69, 9.17) is 0 Å². The molecule has 4 nitrogen and oxygen atoms in total. The fourth-order valence-corrected chi connectivity index (χ4v) is 5.92. The lowest BCUT2D eigenvalue weighted by molar-refractivity contribution is -0.147. The van der Waals surface area contributed by atoms with E-state index >= 15 is 0 Å². The molecule has 4 aliphatic rings. The van der Waals surface area contributed by atoms with E-state index in [1.807, 2.05) is 12.1 Å². The lowest BCUT2D eigenvalue weighted by Gasteiger charge is -2.55. The van der Waals surface area contributed by atoms with Crippen molar-refractivity contribution in [2.24, 2.45) is 23.2 Å². The minimum Gasteiger partial charge on any atom is -0.347 e. The van der Waals surface area contributed by atoms with Crippen molar-refractivity contribution in [1.82, 2.24) is 10.2 Å². The Labute approximate surface area is 156 Å². The monoisotopic (exact) mass is 354 g/mol. The Kier molecular flexibility index (Phi) is 4.54. The molecular formula is C22H30N2O2. The molecule has 0 spiro atoms. The van der Waals surface area contributed by atoms with E-state index in [0.29, 0.717) is 6.54 Å². The van der Waals surface area contributed by atoms with E-state index in [1.54, 1.807) is 11.9 Å². The molecule has 0 unspecified atom stereocenters. The van der Waals surface area contributed by atoms with Crippen LogP contribution in [0, 0.1) is 30.1 Å². The summed E-state index contributed by atoms with van der Waals surface area (Å²) in [6.07, 6.45) is 7.09. The zero-order valence-corrected chi connectivity index (χ0v) is 16.0. The number of benzene rings is 1. The molecule has 0 aliphatic heterocycles. The van der Waals surface area contributed by atoms with Crippen LogP contribution < -0.4 is 5.32 Å². The molecule has 4 aliphatic carbocycles. The Morgan fingerprint density at radius 3 is 2.12 bits per heavy atom. The second kappa shape index (κ2) is 6.71. The molecule has 0 aromatic heterocycles. The summed E-state index contributed by atoms with van der Waals surface area (Å²) in [5.41, 5.74) is 2.15. The molecule has 1 aromatic carbocycles. The molecule has 4 heteroatoms. The standard InChI is InChI=1S/C22H30N2O2/c1-15-3-5-16(6-4-15)14-24(2)20(25)13-23-21(26)22-10-17-7-18(11-22)9-19(8-17)12-22/h3-6,17-19H,7-14H2,1-2H3,(H,23,26). The summed E-state index contributed by atoms with van der Waals surface area (Å²) in [5, 5.41) is 2.99. The first kappa shape index (κ1) is 17.6. The maximum Gasteiger partial charge on any atom is 0.242 e. The van der Waals surface area contributed by atoms with E-state index < -0.39 is 0 Å². The fraction of sp³-hybridized carbons (Fsp3) is 0.636. The van der Waals surface area contributed by atoms with Gasteiger partial charge in [0, 0.05) is 19.0 Å². The summed E-state index contributed by atoms with van der Waals surface area (Å²) in [5.74, 6) is 2.34. The van der Waals surface area contributed by atoms with Gasteiger partial charge in [0.25, 0.3) is 0 Å². The van der Waals surface area contributed by atoms with E-state index in [9.17, 15) is 9.59 Å². The highest BCUT2D eigenvalue weighted by molar-refractivity contribution is 5.88. The van der Waals surface area contributed by atoms with Gasteiger partial charge in [0.15, 0.2) is 0 Å². The summed E-state index contributed by atoms with van der Waals surface area (Å²) in [4.78, 5) is 27.1. The van der Waals surface area contributed by atoms with Crippen molar-refractivity contribution in [3.8, 4) is 0 Å². The van der Waals surface area contributed by atoms with E-state index in [1.165, 1.54) is 24.8 Å². The van der Waals surface area contributed by atoms with E-state index in [-0.39, 0.29) is 23.8 Å². The van der Waals surface area contributed by atoms with E-state index in [0.717, 1.165) is 42.6 Å². The number of carbonyl (C=O) groups is 2. The average Bonchev–Trinajstić information content (AvgIpc) is 2.60. The summed E-state index contributed by atoms with van der Waals surface area (Å²) in [6.45, 7) is 2.74. The Balaban J connectivity index is 1.31. The minimum absolute atomic E-state index is 0.0244. The Morgan fingerprint density at radius 2 is 1.58 bits per heavy atom. The van der Waals surface area contributed by atoms with Crippen molar-refractivity contribution in [2.45, 2.75) is 52.0 Å². The van der Waals surface area contributed by atoms with Gasteiger partial charge in [-0.25, -0.2) is 0 Å². The summed E-state index contributed by atoms with van der Waals surface area (Å²) < 4.78 is 0. The van der Waals surface area contributed by atoms with Gasteiger partial charge in [-0.05, 0) is 68.8 Å². The molecule has 4 saturated carbocycles. The lowest BCUT2D eigenvalue weighted by atomic mass is 9.49. The quantitative estimate of drug-likeness (QED) is 0.882. The predicted octanol–water partition coefficient (Wildman–Crippen LogP) is 3.29. The van der Waals surface area contributed by atoms with Crippen molar-refractivity contribution in [2.75, 3.05) is 13.6 Å². The largest absolute Gasteiger partial charge is 0.347 e. The first-order chi connectivity index (χ1) is 12.4. The zero-order valence-electron chi connectivity index (χ0n) is 16.0. The van der Waals surface area contributed by atoms with Gasteiger partial charge in [-0.1, -0.05) is 29.8 Å². The van der Waals surface area contributed by atoms with Crippen molar-refractivity contribution in [3.05, 3.63) is 35.4 Å². The van der Waals surface area contributed by atoms with Crippen molar-refractivity contribution in [3.63, 3.8) is 0 Å². The van der Waals surface area contributed by atoms with Crippen LogP contribution in [0.25, 0.3) is 0 Å². The van der Waals surface area contributed by atoms with E-state index in [2.05, 4.69) is 24.4 Å². The number of carbonyl (C=O) groups excluding carboxylic acids is 2. The fourth-order valence-electron chi connectivity index (χ4n) is 5.92. The van der Waals surface area contributed by atoms with Gasteiger partial charge >= 0.3 is 0 Å². The maximum absolute atomic E-state index is 12.9. The second-order valence-electron chi connectivity index (χ2n) is 9.12.